The number of amidine groups is 1. The zero-order chi connectivity index (χ0) is 21.6. The first-order valence-corrected chi connectivity index (χ1v) is 10.2. The smallest absolute Gasteiger partial charge is 0.267 e. The summed E-state index contributed by atoms with van der Waals surface area (Å²) >= 11 is 1.24. The monoisotopic (exact) mass is 433 g/mol. The first-order valence-electron chi connectivity index (χ1n) is 9.40. The van der Waals surface area contributed by atoms with Crippen LogP contribution in [0.5, 0.6) is 11.5 Å². The molecule has 1 fully saturated rings. The fourth-order valence-electron chi connectivity index (χ4n) is 2.84. The quantitative estimate of drug-likeness (QED) is 0.351. The van der Waals surface area contributed by atoms with Gasteiger partial charge in [0.15, 0.2) is 5.17 Å². The second kappa shape index (κ2) is 9.36. The van der Waals surface area contributed by atoms with Crippen molar-refractivity contribution in [3.63, 3.8) is 0 Å². The predicted molar refractivity (Wildman–Crippen MR) is 121 cm³/mol. The third kappa shape index (κ3) is 5.04. The highest BCUT2D eigenvalue weighted by Gasteiger charge is 2.34. The average molecular weight is 433 g/mol. The molecule has 7 nitrogen and oxygen atoms in total. The fourth-order valence-corrected chi connectivity index (χ4v) is 3.77. The van der Waals surface area contributed by atoms with Crippen molar-refractivity contribution in [3.8, 4) is 11.5 Å². The van der Waals surface area contributed by atoms with Gasteiger partial charge in [-0.2, -0.15) is 5.10 Å². The average Bonchev–Trinajstić information content (AvgIpc) is 3.40. The van der Waals surface area contributed by atoms with Crippen molar-refractivity contribution < 1.29 is 19.1 Å². The van der Waals surface area contributed by atoms with E-state index in [1.165, 1.54) is 16.7 Å². The summed E-state index contributed by atoms with van der Waals surface area (Å²) in [6.07, 6.45) is 4.94. The van der Waals surface area contributed by atoms with Gasteiger partial charge in [0.25, 0.3) is 5.91 Å². The molecule has 0 unspecified atom stereocenters. The number of phenols is 1. The van der Waals surface area contributed by atoms with Crippen molar-refractivity contribution >= 4 is 35.1 Å². The Morgan fingerprint density at radius 2 is 1.84 bits per heavy atom. The van der Waals surface area contributed by atoms with E-state index in [2.05, 4.69) is 10.2 Å². The molecule has 156 valence electrons. The van der Waals surface area contributed by atoms with Crippen LogP contribution >= 0.6 is 11.8 Å². The Bertz CT molecular complexity index is 1130. The minimum absolute atomic E-state index is 0.169. The van der Waals surface area contributed by atoms with Crippen LogP contribution < -0.4 is 4.74 Å². The van der Waals surface area contributed by atoms with Crippen LogP contribution in [0.15, 0.2) is 86.5 Å². The number of phenolic OH excluding ortho intramolecular Hbond substituents is 1. The first-order chi connectivity index (χ1) is 15.1. The van der Waals surface area contributed by atoms with Crippen LogP contribution in [-0.4, -0.2) is 34.4 Å². The number of rotatable bonds is 6. The van der Waals surface area contributed by atoms with Crippen LogP contribution in [0.25, 0.3) is 6.08 Å². The summed E-state index contributed by atoms with van der Waals surface area (Å²) in [5, 5.41) is 18.4. The number of benzene rings is 2. The number of nitrogens with zero attached hydrogens (tertiary/aromatic N) is 3. The number of carbonyl (C=O) groups is 1. The highest BCUT2D eigenvalue weighted by atomic mass is 32.2. The lowest BCUT2D eigenvalue weighted by Crippen LogP contribution is -2.28. The van der Waals surface area contributed by atoms with Gasteiger partial charge in [-0.25, -0.2) is 0 Å². The van der Waals surface area contributed by atoms with Gasteiger partial charge in [0, 0.05) is 0 Å². The molecule has 0 aliphatic carbocycles. The summed E-state index contributed by atoms with van der Waals surface area (Å²) < 4.78 is 10.5. The molecule has 8 heteroatoms. The van der Waals surface area contributed by atoms with Gasteiger partial charge in [0.05, 0.1) is 31.0 Å². The highest BCUT2D eigenvalue weighted by molar-refractivity contribution is 8.18. The van der Waals surface area contributed by atoms with E-state index >= 15 is 0 Å². The summed E-state index contributed by atoms with van der Waals surface area (Å²) in [5.74, 6) is 1.38. The van der Waals surface area contributed by atoms with Crippen molar-refractivity contribution in [2.24, 2.45) is 10.2 Å². The second-order valence-electron chi connectivity index (χ2n) is 6.57. The molecule has 1 aliphatic heterocycles. The number of hydrogen-bond acceptors (Lipinski definition) is 7. The minimum Gasteiger partial charge on any atom is -0.508 e. The molecule has 2 aromatic carbocycles. The van der Waals surface area contributed by atoms with E-state index in [0.717, 1.165) is 16.9 Å². The van der Waals surface area contributed by atoms with Crippen LogP contribution in [0.2, 0.25) is 0 Å². The minimum atomic E-state index is -0.187. The molecule has 1 aromatic heterocycles. The molecule has 2 heterocycles. The Balaban J connectivity index is 1.59. The number of aromatic hydroxyl groups is 1. The second-order valence-corrected chi connectivity index (χ2v) is 7.58. The van der Waals surface area contributed by atoms with Gasteiger partial charge in [0.1, 0.15) is 17.3 Å². The maximum atomic E-state index is 13.0. The summed E-state index contributed by atoms with van der Waals surface area (Å²) in [6, 6.07) is 17.6. The SMILES string of the molecule is COc1ccc(/C=N/N=C2\S/C(=C\c3ccc(O)cc3)C(=O)N2Cc2ccco2)cc1. The van der Waals surface area contributed by atoms with Crippen molar-refractivity contribution in [2.45, 2.75) is 6.54 Å². The van der Waals surface area contributed by atoms with Crippen molar-refractivity contribution in [1.29, 1.82) is 0 Å². The molecule has 4 rings (SSSR count). The lowest BCUT2D eigenvalue weighted by atomic mass is 10.2. The number of ether oxygens (including phenoxy) is 1. The Kier molecular flexibility index (Phi) is 6.18. The zero-order valence-corrected chi connectivity index (χ0v) is 17.5. The maximum absolute atomic E-state index is 13.0. The molecular weight excluding hydrogens is 414 g/mol. The predicted octanol–water partition coefficient (Wildman–Crippen LogP) is 4.50. The number of carbonyl (C=O) groups excluding carboxylic acids is 1. The van der Waals surface area contributed by atoms with Crippen LogP contribution in [0, 0.1) is 0 Å². The molecule has 1 aliphatic rings. The molecule has 0 atom stereocenters. The Morgan fingerprint density at radius 1 is 1.10 bits per heavy atom. The van der Waals surface area contributed by atoms with Crippen molar-refractivity contribution in [2.75, 3.05) is 7.11 Å². The largest absolute Gasteiger partial charge is 0.508 e. The molecule has 0 radical (unpaired) electrons. The number of amides is 1. The highest BCUT2D eigenvalue weighted by Crippen LogP contribution is 2.34. The van der Waals surface area contributed by atoms with Gasteiger partial charge >= 0.3 is 0 Å². The van der Waals surface area contributed by atoms with Crippen LogP contribution in [-0.2, 0) is 11.3 Å². The van der Waals surface area contributed by atoms with E-state index in [1.807, 2.05) is 24.3 Å². The van der Waals surface area contributed by atoms with Gasteiger partial charge in [0.2, 0.25) is 0 Å². The Labute approximate surface area is 183 Å². The van der Waals surface area contributed by atoms with E-state index in [1.54, 1.807) is 62.1 Å². The van der Waals surface area contributed by atoms with Gasteiger partial charge in [-0.05, 0) is 77.5 Å². The molecule has 1 saturated heterocycles. The maximum Gasteiger partial charge on any atom is 0.267 e. The Hall–Kier alpha value is -3.78. The zero-order valence-electron chi connectivity index (χ0n) is 16.6. The van der Waals surface area contributed by atoms with E-state index in [-0.39, 0.29) is 18.2 Å². The van der Waals surface area contributed by atoms with Gasteiger partial charge < -0.3 is 14.3 Å². The van der Waals surface area contributed by atoms with Gasteiger partial charge in [-0.1, -0.05) is 12.1 Å². The van der Waals surface area contributed by atoms with E-state index in [0.29, 0.717) is 15.8 Å². The molecular formula is C23H19N3O4S. The van der Waals surface area contributed by atoms with Crippen molar-refractivity contribution in [3.05, 3.63) is 88.7 Å². The van der Waals surface area contributed by atoms with Crippen molar-refractivity contribution in [1.82, 2.24) is 4.90 Å². The number of hydrogen-bond donors (Lipinski definition) is 1. The van der Waals surface area contributed by atoms with Crippen LogP contribution in [0.4, 0.5) is 0 Å². The summed E-state index contributed by atoms with van der Waals surface area (Å²) in [5.41, 5.74) is 1.66. The van der Waals surface area contributed by atoms with E-state index < -0.39 is 0 Å². The first kappa shape index (κ1) is 20.5. The van der Waals surface area contributed by atoms with Crippen LogP contribution in [0.1, 0.15) is 16.9 Å². The summed E-state index contributed by atoms with van der Waals surface area (Å²) in [7, 11) is 1.61. The van der Waals surface area contributed by atoms with Gasteiger partial charge in [-0.3, -0.25) is 9.69 Å². The molecule has 0 bridgehead atoms. The summed E-state index contributed by atoms with van der Waals surface area (Å²) in [6.45, 7) is 0.253. The molecule has 3 aromatic rings. The molecule has 1 amide bonds. The molecule has 0 saturated carbocycles. The topological polar surface area (TPSA) is 87.6 Å². The normalized spacial score (nSPS) is 16.7. The lowest BCUT2D eigenvalue weighted by molar-refractivity contribution is -0.122. The number of furan rings is 1. The van der Waals surface area contributed by atoms with E-state index in [4.69, 9.17) is 9.15 Å². The lowest BCUT2D eigenvalue weighted by Gasteiger charge is -2.12. The number of methoxy groups -OCH3 is 1. The Morgan fingerprint density at radius 3 is 2.52 bits per heavy atom. The number of thioether (sulfide) groups is 1. The van der Waals surface area contributed by atoms with E-state index in [9.17, 15) is 9.90 Å². The third-order valence-electron chi connectivity index (χ3n) is 4.44. The molecule has 1 N–H and O–H groups in total. The van der Waals surface area contributed by atoms with Crippen LogP contribution in [0.3, 0.4) is 0 Å². The molecule has 31 heavy (non-hydrogen) atoms. The fraction of sp³-hybridized carbons (Fsp3) is 0.0870. The van der Waals surface area contributed by atoms with Gasteiger partial charge in [-0.15, -0.1) is 5.10 Å². The molecule has 0 spiro atoms. The summed E-state index contributed by atoms with van der Waals surface area (Å²) in [4.78, 5) is 15.1. The standard InChI is InChI=1S/C23H19N3O4S/c1-29-19-10-6-17(7-11-19)14-24-25-23-26(15-20-3-2-12-30-20)22(28)21(31-23)13-16-4-8-18(27)9-5-16/h2-14,27H,15H2,1H3/b21-13-,24-14+,25-23-. The third-order valence-corrected chi connectivity index (χ3v) is 5.44.